The summed E-state index contributed by atoms with van der Waals surface area (Å²) >= 11 is 2.60. The Balaban J connectivity index is 1.38. The van der Waals surface area contributed by atoms with Gasteiger partial charge in [-0.2, -0.15) is 0 Å². The number of hydrogen-bond donors (Lipinski definition) is 2. The number of halogens is 1. The van der Waals surface area contributed by atoms with Gasteiger partial charge in [0, 0.05) is 35.4 Å². The third kappa shape index (κ3) is 6.66. The second-order valence-corrected chi connectivity index (χ2v) is 9.42. The van der Waals surface area contributed by atoms with E-state index in [9.17, 15) is 23.6 Å². The van der Waals surface area contributed by atoms with Gasteiger partial charge in [-0.25, -0.2) is 4.39 Å². The average Bonchev–Trinajstić information content (AvgIpc) is 3.44. The quantitative estimate of drug-likeness (QED) is 0.349. The smallest absolute Gasteiger partial charge is 0.279 e. The molecule has 166 valence electrons. The van der Waals surface area contributed by atoms with Gasteiger partial charge in [0.1, 0.15) is 11.6 Å². The second-order valence-electron chi connectivity index (χ2n) is 7.05. The zero-order chi connectivity index (χ0) is 23.1. The van der Waals surface area contributed by atoms with E-state index in [1.807, 2.05) is 13.0 Å². The minimum Gasteiger partial charge on any atom is -0.300 e. The van der Waals surface area contributed by atoms with Gasteiger partial charge < -0.3 is 0 Å². The SMILES string of the molecule is Cc1ccc(C(=O)CCC(=O)CCC(=O)NNC(=O)c2ccc(-c3ccc(F)cc3)s2)s1. The van der Waals surface area contributed by atoms with Crippen molar-refractivity contribution in [3.63, 3.8) is 0 Å². The Bertz CT molecular complexity index is 1140. The second kappa shape index (κ2) is 10.9. The number of rotatable bonds is 9. The molecule has 0 bridgehead atoms. The Kier molecular flexibility index (Phi) is 8.02. The predicted octanol–water partition coefficient (Wildman–Crippen LogP) is 4.70. The Morgan fingerprint density at radius 3 is 2.16 bits per heavy atom. The molecule has 1 aromatic carbocycles. The number of carbonyl (C=O) groups excluding carboxylic acids is 4. The lowest BCUT2D eigenvalue weighted by atomic mass is 10.1. The molecule has 0 unspecified atom stereocenters. The van der Waals surface area contributed by atoms with Crippen molar-refractivity contribution in [2.24, 2.45) is 0 Å². The van der Waals surface area contributed by atoms with Gasteiger partial charge >= 0.3 is 0 Å². The lowest BCUT2D eigenvalue weighted by Crippen LogP contribution is -2.41. The van der Waals surface area contributed by atoms with Crippen molar-refractivity contribution in [3.8, 4) is 10.4 Å². The molecular formula is C23H21FN2O4S2. The number of amides is 2. The minimum atomic E-state index is -0.498. The first-order chi connectivity index (χ1) is 15.3. The summed E-state index contributed by atoms with van der Waals surface area (Å²) in [7, 11) is 0. The van der Waals surface area contributed by atoms with E-state index >= 15 is 0 Å². The number of Topliss-reactive ketones (excluding diaryl/α,β-unsaturated/α-hetero) is 2. The van der Waals surface area contributed by atoms with Crippen LogP contribution in [0, 0.1) is 12.7 Å². The monoisotopic (exact) mass is 472 g/mol. The van der Waals surface area contributed by atoms with Crippen molar-refractivity contribution < 1.29 is 23.6 Å². The highest BCUT2D eigenvalue weighted by Crippen LogP contribution is 2.28. The molecule has 3 aromatic rings. The van der Waals surface area contributed by atoms with Crippen LogP contribution in [-0.2, 0) is 9.59 Å². The maximum atomic E-state index is 13.0. The summed E-state index contributed by atoms with van der Waals surface area (Å²) < 4.78 is 13.0. The van der Waals surface area contributed by atoms with Gasteiger partial charge in [-0.3, -0.25) is 30.0 Å². The van der Waals surface area contributed by atoms with Crippen molar-refractivity contribution in [2.45, 2.75) is 32.6 Å². The van der Waals surface area contributed by atoms with E-state index in [0.29, 0.717) is 9.75 Å². The highest BCUT2D eigenvalue weighted by atomic mass is 32.1. The Labute approximate surface area is 192 Å². The van der Waals surface area contributed by atoms with E-state index in [-0.39, 0.29) is 43.1 Å². The average molecular weight is 473 g/mol. The fourth-order valence-corrected chi connectivity index (χ4v) is 4.56. The lowest BCUT2D eigenvalue weighted by Gasteiger charge is -2.06. The van der Waals surface area contributed by atoms with Gasteiger partial charge in [0.15, 0.2) is 5.78 Å². The minimum absolute atomic E-state index is 0.00777. The van der Waals surface area contributed by atoms with Crippen LogP contribution in [0.15, 0.2) is 48.5 Å². The normalized spacial score (nSPS) is 10.6. The fourth-order valence-electron chi connectivity index (χ4n) is 2.82. The zero-order valence-corrected chi connectivity index (χ0v) is 18.9. The van der Waals surface area contributed by atoms with Crippen molar-refractivity contribution in [1.29, 1.82) is 0 Å². The summed E-state index contributed by atoms with van der Waals surface area (Å²) in [6, 6.07) is 12.9. The molecule has 2 N–H and O–H groups in total. The molecule has 0 radical (unpaired) electrons. The van der Waals surface area contributed by atoms with Crippen LogP contribution in [0.25, 0.3) is 10.4 Å². The van der Waals surface area contributed by atoms with Gasteiger partial charge in [0.2, 0.25) is 5.91 Å². The van der Waals surface area contributed by atoms with E-state index in [4.69, 9.17) is 0 Å². The number of hydrogen-bond acceptors (Lipinski definition) is 6. The third-order valence-electron chi connectivity index (χ3n) is 4.55. The molecule has 6 nitrogen and oxygen atoms in total. The van der Waals surface area contributed by atoms with Gasteiger partial charge in [-0.15, -0.1) is 22.7 Å². The predicted molar refractivity (Wildman–Crippen MR) is 122 cm³/mol. The summed E-state index contributed by atoms with van der Waals surface area (Å²) in [6.07, 6.45) is 0.103. The highest BCUT2D eigenvalue weighted by molar-refractivity contribution is 7.17. The first-order valence-corrected chi connectivity index (χ1v) is 11.5. The molecule has 0 aliphatic carbocycles. The maximum Gasteiger partial charge on any atom is 0.279 e. The topological polar surface area (TPSA) is 92.3 Å². The molecule has 0 saturated heterocycles. The molecular weight excluding hydrogens is 451 g/mol. The Morgan fingerprint density at radius 1 is 0.781 bits per heavy atom. The number of benzene rings is 1. The maximum absolute atomic E-state index is 13.0. The lowest BCUT2D eigenvalue weighted by molar-refractivity contribution is -0.125. The molecule has 0 saturated carbocycles. The van der Waals surface area contributed by atoms with Gasteiger partial charge in [-0.05, 0) is 48.9 Å². The number of thiophene rings is 2. The molecule has 0 atom stereocenters. The molecule has 2 heterocycles. The van der Waals surface area contributed by atoms with Crippen molar-refractivity contribution >= 4 is 46.1 Å². The van der Waals surface area contributed by atoms with Crippen LogP contribution in [0.1, 0.15) is 49.9 Å². The molecule has 2 amide bonds. The van der Waals surface area contributed by atoms with E-state index in [1.165, 1.54) is 34.8 Å². The van der Waals surface area contributed by atoms with Crippen molar-refractivity contribution in [1.82, 2.24) is 10.9 Å². The number of carbonyl (C=O) groups is 4. The molecule has 0 fully saturated rings. The van der Waals surface area contributed by atoms with Crippen LogP contribution in [0.4, 0.5) is 4.39 Å². The summed E-state index contributed by atoms with van der Waals surface area (Å²) in [4.78, 5) is 51.0. The molecule has 9 heteroatoms. The Hall–Kier alpha value is -3.17. The van der Waals surface area contributed by atoms with E-state index in [1.54, 1.807) is 30.3 Å². The first kappa shape index (κ1) is 23.5. The van der Waals surface area contributed by atoms with Crippen LogP contribution >= 0.6 is 22.7 Å². The largest absolute Gasteiger partial charge is 0.300 e. The molecule has 2 aromatic heterocycles. The molecule has 0 aliphatic heterocycles. The summed E-state index contributed by atoms with van der Waals surface area (Å²) in [5, 5.41) is 0. The standard InChI is InChI=1S/C23H21FN2O4S2/c1-14-2-10-20(31-14)18(28)9-7-17(27)8-13-22(29)25-26-23(30)21-12-11-19(32-21)15-3-5-16(24)6-4-15/h2-6,10-12H,7-9,13H2,1H3,(H,25,29)(H,26,30). The molecule has 0 spiro atoms. The molecule has 3 rings (SSSR count). The van der Waals surface area contributed by atoms with Crippen LogP contribution in [0.3, 0.4) is 0 Å². The van der Waals surface area contributed by atoms with Crippen LogP contribution in [0.5, 0.6) is 0 Å². The number of hydrazine groups is 1. The van der Waals surface area contributed by atoms with Crippen molar-refractivity contribution in [2.75, 3.05) is 0 Å². The van der Waals surface area contributed by atoms with Crippen LogP contribution < -0.4 is 10.9 Å². The summed E-state index contributed by atoms with van der Waals surface area (Å²) in [5.41, 5.74) is 5.39. The van der Waals surface area contributed by atoms with Gasteiger partial charge in [0.25, 0.3) is 5.91 Å². The van der Waals surface area contributed by atoms with Crippen molar-refractivity contribution in [3.05, 3.63) is 69.0 Å². The molecule has 32 heavy (non-hydrogen) atoms. The molecule has 0 aliphatic rings. The van der Waals surface area contributed by atoms with Crippen LogP contribution in [0.2, 0.25) is 0 Å². The van der Waals surface area contributed by atoms with E-state index in [0.717, 1.165) is 15.3 Å². The van der Waals surface area contributed by atoms with Gasteiger partial charge in [0.05, 0.1) is 9.75 Å². The van der Waals surface area contributed by atoms with E-state index in [2.05, 4.69) is 10.9 Å². The van der Waals surface area contributed by atoms with Crippen LogP contribution in [-0.4, -0.2) is 23.4 Å². The highest BCUT2D eigenvalue weighted by Gasteiger charge is 2.14. The number of aryl methyl sites for hydroxylation is 1. The Morgan fingerprint density at radius 2 is 1.47 bits per heavy atom. The summed E-state index contributed by atoms with van der Waals surface area (Å²) in [6.45, 7) is 1.91. The first-order valence-electron chi connectivity index (χ1n) is 9.88. The van der Waals surface area contributed by atoms with Gasteiger partial charge in [-0.1, -0.05) is 12.1 Å². The number of nitrogens with one attached hydrogen (secondary N) is 2. The number of ketones is 2. The third-order valence-corrected chi connectivity index (χ3v) is 6.73. The zero-order valence-electron chi connectivity index (χ0n) is 17.3. The fraction of sp³-hybridized carbons (Fsp3) is 0.217. The van der Waals surface area contributed by atoms with E-state index < -0.39 is 11.8 Å². The summed E-state index contributed by atoms with van der Waals surface area (Å²) in [5.74, 6) is -1.59.